The number of nitrogens with zero attached hydrogens (tertiary/aromatic N) is 2. The molecule has 0 radical (unpaired) electrons. The fourth-order valence-corrected chi connectivity index (χ4v) is 6.90. The first-order chi connectivity index (χ1) is 25.7. The van der Waals surface area contributed by atoms with E-state index in [0.29, 0.717) is 33.4 Å². The number of aliphatic hydroxyl groups is 2. The van der Waals surface area contributed by atoms with Crippen LogP contribution in [0.5, 0.6) is 11.5 Å². The summed E-state index contributed by atoms with van der Waals surface area (Å²) in [6.07, 6.45) is 5.55. The maximum atomic E-state index is 12.9. The Bertz CT molecular complexity index is 2170. The zero-order chi connectivity index (χ0) is 42.0. The van der Waals surface area contributed by atoms with Gasteiger partial charge in [0, 0.05) is 63.7 Å². The van der Waals surface area contributed by atoms with Crippen molar-refractivity contribution in [3.05, 3.63) is 117 Å². The lowest BCUT2D eigenvalue weighted by Gasteiger charge is -2.29. The summed E-state index contributed by atoms with van der Waals surface area (Å²) < 4.78 is 0. The Kier molecular flexibility index (Phi) is 10.3. The number of rotatable bonds is 2. The molecule has 2 aliphatic rings. The van der Waals surface area contributed by atoms with Crippen LogP contribution in [0.2, 0.25) is 0 Å². The van der Waals surface area contributed by atoms with E-state index < -0.39 is 44.8 Å². The predicted molar refractivity (Wildman–Crippen MR) is 217 cm³/mol. The zero-order valence-electron chi connectivity index (χ0n) is 34.1. The molecule has 10 heteroatoms. The summed E-state index contributed by atoms with van der Waals surface area (Å²) in [5.41, 5.74) is 2.49. The summed E-state index contributed by atoms with van der Waals surface area (Å²) >= 11 is 0. The number of ketones is 4. The lowest BCUT2D eigenvalue weighted by molar-refractivity contribution is -0.110. The largest absolute Gasteiger partial charge is 0.507 e. The van der Waals surface area contributed by atoms with Gasteiger partial charge in [0.1, 0.15) is 23.0 Å². The highest BCUT2D eigenvalue weighted by atomic mass is 16.3. The third-order valence-electron chi connectivity index (χ3n) is 10.0. The molecule has 4 N–H and O–H groups in total. The highest BCUT2D eigenvalue weighted by Crippen LogP contribution is 2.45. The van der Waals surface area contributed by atoms with Crippen molar-refractivity contribution in [1.29, 1.82) is 0 Å². The van der Waals surface area contributed by atoms with Gasteiger partial charge in [-0.3, -0.25) is 29.1 Å². The fourth-order valence-electron chi connectivity index (χ4n) is 6.90. The topological polar surface area (TPSA) is 175 Å². The second kappa shape index (κ2) is 14.0. The van der Waals surface area contributed by atoms with E-state index in [1.54, 1.807) is 24.3 Å². The van der Waals surface area contributed by atoms with Crippen molar-refractivity contribution in [1.82, 2.24) is 9.97 Å². The lowest BCUT2D eigenvalue weighted by Crippen LogP contribution is -2.24. The molecule has 56 heavy (non-hydrogen) atoms. The number of carbonyl (C=O) groups is 4. The summed E-state index contributed by atoms with van der Waals surface area (Å²) in [6.45, 7) is 23.5. The van der Waals surface area contributed by atoms with Crippen LogP contribution in [-0.4, -0.2) is 53.5 Å². The van der Waals surface area contributed by atoms with Crippen LogP contribution in [0, 0.1) is 0 Å². The first-order valence-electron chi connectivity index (χ1n) is 18.4. The van der Waals surface area contributed by atoms with E-state index in [-0.39, 0.29) is 56.4 Å². The Hall–Kier alpha value is -5.90. The number of hydrogen-bond acceptors (Lipinski definition) is 10. The SMILES string of the molecule is CC(C)(C)c1cc(C2=C(O)c3ccncc3C(=O)C2=O)cc(C(C)(C)C)c1O.CC(C)(C)c1cc(C2=C(O)c3cnccc3C(=O)C2=O)cc(C(C)(C)C)c1O. The van der Waals surface area contributed by atoms with E-state index in [0.717, 1.165) is 0 Å². The van der Waals surface area contributed by atoms with E-state index in [1.807, 2.05) is 83.1 Å². The number of phenols is 2. The van der Waals surface area contributed by atoms with E-state index in [2.05, 4.69) is 9.97 Å². The molecule has 10 nitrogen and oxygen atoms in total. The average Bonchev–Trinajstić information content (AvgIpc) is 3.09. The molecule has 0 saturated carbocycles. The van der Waals surface area contributed by atoms with E-state index >= 15 is 0 Å². The van der Waals surface area contributed by atoms with Crippen LogP contribution >= 0.6 is 0 Å². The van der Waals surface area contributed by atoms with Crippen molar-refractivity contribution in [2.75, 3.05) is 0 Å². The molecule has 0 bridgehead atoms. The molecule has 2 heterocycles. The van der Waals surface area contributed by atoms with E-state index in [4.69, 9.17) is 0 Å². The Morgan fingerprint density at radius 2 is 0.714 bits per heavy atom. The zero-order valence-corrected chi connectivity index (χ0v) is 34.1. The molecule has 0 atom stereocenters. The van der Waals surface area contributed by atoms with Gasteiger partial charge in [-0.25, -0.2) is 0 Å². The number of hydrogen-bond donors (Lipinski definition) is 4. The van der Waals surface area contributed by atoms with Gasteiger partial charge in [0.2, 0.25) is 23.1 Å². The van der Waals surface area contributed by atoms with Gasteiger partial charge < -0.3 is 20.4 Å². The molecule has 0 unspecified atom stereocenters. The summed E-state index contributed by atoms with van der Waals surface area (Å²) in [5.74, 6) is -3.08. The van der Waals surface area contributed by atoms with Crippen molar-refractivity contribution in [2.45, 2.75) is 105 Å². The van der Waals surface area contributed by atoms with Crippen molar-refractivity contribution < 1.29 is 39.6 Å². The summed E-state index contributed by atoms with van der Waals surface area (Å²) in [7, 11) is 0. The molecule has 6 rings (SSSR count). The number of allylic oxidation sites excluding steroid dienone is 2. The molecule has 2 aromatic heterocycles. The Balaban J connectivity index is 0.000000214. The highest BCUT2D eigenvalue weighted by Gasteiger charge is 2.38. The normalized spacial score (nSPS) is 15.1. The van der Waals surface area contributed by atoms with Gasteiger partial charge in [0.05, 0.1) is 16.7 Å². The van der Waals surface area contributed by atoms with E-state index in [9.17, 15) is 39.6 Å². The first-order valence-corrected chi connectivity index (χ1v) is 18.4. The van der Waals surface area contributed by atoms with E-state index in [1.165, 1.54) is 36.9 Å². The molecule has 4 aromatic rings. The van der Waals surface area contributed by atoms with Gasteiger partial charge >= 0.3 is 0 Å². The molecule has 0 spiro atoms. The predicted octanol–water partition coefficient (Wildman–Crippen LogP) is 9.15. The van der Waals surface area contributed by atoms with Crippen LogP contribution in [0.15, 0.2) is 61.2 Å². The number of aromatic nitrogens is 2. The van der Waals surface area contributed by atoms with Gasteiger partial charge in [-0.05, 0) is 69.2 Å². The van der Waals surface area contributed by atoms with Crippen LogP contribution in [0.1, 0.15) is 148 Å². The molecule has 0 fully saturated rings. The number of fused-ring (bicyclic) bond motifs is 2. The smallest absolute Gasteiger partial charge is 0.237 e. The van der Waals surface area contributed by atoms with Crippen molar-refractivity contribution in [3.63, 3.8) is 0 Å². The van der Waals surface area contributed by atoms with Gasteiger partial charge in [0.15, 0.2) is 0 Å². The molecule has 0 aliphatic heterocycles. The summed E-state index contributed by atoms with van der Waals surface area (Å²) in [4.78, 5) is 58.7. The number of carbonyl (C=O) groups excluding carboxylic acids is 4. The van der Waals surface area contributed by atoms with Crippen LogP contribution in [0.3, 0.4) is 0 Å². The van der Waals surface area contributed by atoms with Gasteiger partial charge in [-0.1, -0.05) is 83.1 Å². The van der Waals surface area contributed by atoms with Crippen LogP contribution in [0.4, 0.5) is 0 Å². The van der Waals surface area contributed by atoms with Crippen molar-refractivity contribution >= 4 is 45.8 Å². The number of Topliss-reactive ketones (excluding diaryl/α,β-unsaturated/α-hetero) is 4. The standard InChI is InChI=1S/2C23H25NO4/c1-22(2,3)15-9-12(10-16(20(15)27)23(4,5)6)17-18(25)14-11-24-8-7-13(14)19(26)21(17)28;1-22(2,3)15-9-12(10-16(20(15)27)23(4,5)6)17-18(25)13-7-8-24-11-14(13)19(26)21(17)28/h2*7-11,25,27H,1-6H3. The maximum absolute atomic E-state index is 12.9. The van der Waals surface area contributed by atoms with Crippen molar-refractivity contribution in [3.8, 4) is 11.5 Å². The van der Waals surface area contributed by atoms with Gasteiger partial charge in [-0.15, -0.1) is 0 Å². The molecule has 0 amide bonds. The monoisotopic (exact) mass is 758 g/mol. The number of benzene rings is 2. The number of pyridine rings is 2. The summed E-state index contributed by atoms with van der Waals surface area (Å²) in [6, 6.07) is 9.69. The lowest BCUT2D eigenvalue weighted by atomic mass is 9.76. The number of phenolic OH excluding ortho intramolecular Hbond substituents is 2. The van der Waals surface area contributed by atoms with Crippen LogP contribution in [0.25, 0.3) is 22.7 Å². The first kappa shape index (κ1) is 41.3. The second-order valence-electron chi connectivity index (χ2n) is 18.4. The minimum Gasteiger partial charge on any atom is -0.507 e. The number of aromatic hydroxyl groups is 2. The van der Waals surface area contributed by atoms with Gasteiger partial charge in [0.25, 0.3) is 0 Å². The van der Waals surface area contributed by atoms with Gasteiger partial charge in [-0.2, -0.15) is 0 Å². The maximum Gasteiger partial charge on any atom is 0.237 e. The minimum atomic E-state index is -0.775. The fraction of sp³-hybridized carbons (Fsp3) is 0.348. The molecule has 2 aromatic carbocycles. The average molecular weight is 759 g/mol. The molecular weight excluding hydrogens is 709 g/mol. The molecular formula is C46H50N2O8. The second-order valence-corrected chi connectivity index (χ2v) is 18.4. The summed E-state index contributed by atoms with van der Waals surface area (Å²) in [5, 5.41) is 43.4. The quantitative estimate of drug-likeness (QED) is 0.144. The number of aliphatic hydroxyl groups excluding tert-OH is 2. The third kappa shape index (κ3) is 7.40. The van der Waals surface area contributed by atoms with Crippen molar-refractivity contribution in [2.24, 2.45) is 0 Å². The Morgan fingerprint density at radius 1 is 0.411 bits per heavy atom. The molecule has 2 aliphatic carbocycles. The van der Waals surface area contributed by atoms with Crippen LogP contribution in [-0.2, 0) is 31.2 Å². The van der Waals surface area contributed by atoms with Crippen LogP contribution < -0.4 is 0 Å². The molecule has 0 saturated heterocycles. The highest BCUT2D eigenvalue weighted by molar-refractivity contribution is 6.62. The Morgan fingerprint density at radius 3 is 1.07 bits per heavy atom. The molecule has 292 valence electrons. The third-order valence-corrected chi connectivity index (χ3v) is 10.0. The minimum absolute atomic E-state index is 0.0419. The Labute approximate surface area is 327 Å².